The number of rotatable bonds is 3. The molecule has 2 saturated heterocycles. The molecule has 3 rings (SSSR count). The minimum absolute atomic E-state index is 0.00838. The minimum atomic E-state index is -0.392. The van der Waals surface area contributed by atoms with Gasteiger partial charge in [0.1, 0.15) is 0 Å². The fourth-order valence-corrected chi connectivity index (χ4v) is 4.23. The number of likely N-dealkylation sites (tertiary alicyclic amines) is 1. The highest BCUT2D eigenvalue weighted by molar-refractivity contribution is 5.79. The van der Waals surface area contributed by atoms with E-state index in [1.807, 2.05) is 11.9 Å². The van der Waals surface area contributed by atoms with E-state index in [1.165, 1.54) is 12.8 Å². The molecule has 0 bridgehead atoms. The summed E-state index contributed by atoms with van der Waals surface area (Å²) in [4.78, 5) is 16.8. The summed E-state index contributed by atoms with van der Waals surface area (Å²) in [5.41, 5.74) is 0. The summed E-state index contributed by atoms with van der Waals surface area (Å²) in [7, 11) is 1.87. The summed E-state index contributed by atoms with van der Waals surface area (Å²) in [6.07, 6.45) is 5.67. The summed E-state index contributed by atoms with van der Waals surface area (Å²) in [5.74, 6) is 0.284. The van der Waals surface area contributed by atoms with Gasteiger partial charge in [0.15, 0.2) is 0 Å². The summed E-state index contributed by atoms with van der Waals surface area (Å²) >= 11 is 0. The molecule has 0 unspecified atom stereocenters. The number of aliphatic hydroxyl groups is 1. The molecular weight excluding hydrogens is 268 g/mol. The Hall–Kier alpha value is -0.650. The number of aliphatic hydroxyl groups excluding tert-OH is 1. The van der Waals surface area contributed by atoms with E-state index in [2.05, 4.69) is 4.90 Å². The standard InChI is InChI=1S/C16H28N2O3/c1-17(16(20)12-6-10-21-11-7-12)13-4-5-14(15(13)19)18-8-2-3-9-18/h12-15,19H,2-11H2,1H3/t13-,14-,15-/m1/s1. The highest BCUT2D eigenvalue weighted by atomic mass is 16.5. The summed E-state index contributed by atoms with van der Waals surface area (Å²) < 4.78 is 5.33. The first-order valence-electron chi connectivity index (χ1n) is 8.45. The monoisotopic (exact) mass is 296 g/mol. The average molecular weight is 296 g/mol. The lowest BCUT2D eigenvalue weighted by atomic mass is 9.97. The fraction of sp³-hybridized carbons (Fsp3) is 0.938. The zero-order chi connectivity index (χ0) is 14.8. The fourth-order valence-electron chi connectivity index (χ4n) is 4.23. The van der Waals surface area contributed by atoms with Crippen molar-refractivity contribution >= 4 is 5.91 Å². The van der Waals surface area contributed by atoms with Crippen molar-refractivity contribution in [3.63, 3.8) is 0 Å². The number of likely N-dealkylation sites (N-methyl/N-ethyl adjacent to an activating group) is 1. The van der Waals surface area contributed by atoms with E-state index in [1.54, 1.807) is 0 Å². The molecule has 0 aromatic rings. The Morgan fingerprint density at radius 1 is 1.14 bits per heavy atom. The molecule has 1 amide bonds. The second-order valence-corrected chi connectivity index (χ2v) is 6.78. The van der Waals surface area contributed by atoms with Crippen LogP contribution >= 0.6 is 0 Å². The van der Waals surface area contributed by atoms with Crippen molar-refractivity contribution in [2.24, 2.45) is 5.92 Å². The van der Waals surface area contributed by atoms with Gasteiger partial charge in [-0.2, -0.15) is 0 Å². The van der Waals surface area contributed by atoms with Gasteiger partial charge < -0.3 is 14.7 Å². The number of hydrogen-bond donors (Lipinski definition) is 1. The Bertz CT molecular complexity index is 365. The van der Waals surface area contributed by atoms with Crippen LogP contribution in [0.25, 0.3) is 0 Å². The van der Waals surface area contributed by atoms with E-state index in [0.29, 0.717) is 13.2 Å². The molecule has 3 atom stereocenters. The predicted molar refractivity (Wildman–Crippen MR) is 79.9 cm³/mol. The van der Waals surface area contributed by atoms with E-state index in [9.17, 15) is 9.90 Å². The average Bonchev–Trinajstić information content (AvgIpc) is 3.16. The van der Waals surface area contributed by atoms with Gasteiger partial charge in [-0.1, -0.05) is 0 Å². The van der Waals surface area contributed by atoms with Crippen LogP contribution in [0.2, 0.25) is 0 Å². The van der Waals surface area contributed by atoms with Gasteiger partial charge in [0.25, 0.3) is 0 Å². The zero-order valence-electron chi connectivity index (χ0n) is 13.0. The molecule has 0 aromatic heterocycles. The molecule has 1 N–H and O–H groups in total. The molecule has 2 heterocycles. The molecular formula is C16H28N2O3. The topological polar surface area (TPSA) is 53.0 Å². The smallest absolute Gasteiger partial charge is 0.225 e. The highest BCUT2D eigenvalue weighted by Crippen LogP contribution is 2.31. The van der Waals surface area contributed by atoms with Gasteiger partial charge in [-0.25, -0.2) is 0 Å². The van der Waals surface area contributed by atoms with Gasteiger partial charge in [-0.15, -0.1) is 0 Å². The van der Waals surface area contributed by atoms with Crippen LogP contribution in [0.4, 0.5) is 0 Å². The SMILES string of the molecule is CN(C(=O)C1CCOCC1)[C@@H]1CC[C@@H](N2CCCC2)[C@@H]1O. The molecule has 3 aliphatic rings. The first-order valence-corrected chi connectivity index (χ1v) is 8.45. The number of carbonyl (C=O) groups excluding carboxylic acids is 1. The predicted octanol–water partition coefficient (Wildman–Crippen LogP) is 0.859. The molecule has 5 nitrogen and oxygen atoms in total. The van der Waals surface area contributed by atoms with Gasteiger partial charge in [-0.3, -0.25) is 9.69 Å². The van der Waals surface area contributed by atoms with E-state index < -0.39 is 6.10 Å². The van der Waals surface area contributed by atoms with E-state index >= 15 is 0 Å². The molecule has 5 heteroatoms. The van der Waals surface area contributed by atoms with Crippen LogP contribution in [-0.2, 0) is 9.53 Å². The maximum atomic E-state index is 12.6. The van der Waals surface area contributed by atoms with E-state index in [0.717, 1.165) is 38.8 Å². The van der Waals surface area contributed by atoms with Crippen molar-refractivity contribution in [2.45, 2.75) is 56.7 Å². The molecule has 0 radical (unpaired) electrons. The number of nitrogens with zero attached hydrogens (tertiary/aromatic N) is 2. The molecule has 21 heavy (non-hydrogen) atoms. The number of hydrogen-bond acceptors (Lipinski definition) is 4. The van der Waals surface area contributed by atoms with Crippen molar-refractivity contribution in [1.82, 2.24) is 9.80 Å². The molecule has 1 saturated carbocycles. The Labute approximate surface area is 127 Å². The number of carbonyl (C=O) groups is 1. The van der Waals surface area contributed by atoms with Crippen LogP contribution in [-0.4, -0.2) is 72.4 Å². The van der Waals surface area contributed by atoms with Crippen LogP contribution in [0.1, 0.15) is 38.5 Å². The van der Waals surface area contributed by atoms with Crippen molar-refractivity contribution < 1.29 is 14.6 Å². The Balaban J connectivity index is 1.59. The van der Waals surface area contributed by atoms with Crippen molar-refractivity contribution in [2.75, 3.05) is 33.4 Å². The van der Waals surface area contributed by atoms with Crippen LogP contribution in [0, 0.1) is 5.92 Å². The first kappa shape index (κ1) is 15.3. The highest BCUT2D eigenvalue weighted by Gasteiger charge is 2.42. The molecule has 3 fully saturated rings. The third kappa shape index (κ3) is 3.10. The third-order valence-corrected chi connectivity index (χ3v) is 5.57. The lowest BCUT2D eigenvalue weighted by Crippen LogP contribution is -2.50. The first-order chi connectivity index (χ1) is 10.2. The summed E-state index contributed by atoms with van der Waals surface area (Å²) in [6.45, 7) is 3.58. The molecule has 1 aliphatic carbocycles. The lowest BCUT2D eigenvalue weighted by Gasteiger charge is -2.34. The Morgan fingerprint density at radius 3 is 2.48 bits per heavy atom. The molecule has 2 aliphatic heterocycles. The number of ether oxygens (including phenoxy) is 1. The lowest BCUT2D eigenvalue weighted by molar-refractivity contribution is -0.141. The molecule has 0 aromatic carbocycles. The normalized spacial score (nSPS) is 35.2. The van der Waals surface area contributed by atoms with Crippen LogP contribution in [0.5, 0.6) is 0 Å². The van der Waals surface area contributed by atoms with Gasteiger partial charge in [0.2, 0.25) is 5.91 Å². The van der Waals surface area contributed by atoms with E-state index in [-0.39, 0.29) is 23.9 Å². The van der Waals surface area contributed by atoms with Crippen molar-refractivity contribution in [3.8, 4) is 0 Å². The minimum Gasteiger partial charge on any atom is -0.389 e. The third-order valence-electron chi connectivity index (χ3n) is 5.57. The van der Waals surface area contributed by atoms with E-state index in [4.69, 9.17) is 4.74 Å². The van der Waals surface area contributed by atoms with Gasteiger partial charge in [0, 0.05) is 32.2 Å². The summed E-state index contributed by atoms with van der Waals surface area (Å²) in [5, 5.41) is 10.7. The Morgan fingerprint density at radius 2 is 1.81 bits per heavy atom. The maximum absolute atomic E-state index is 12.6. The van der Waals surface area contributed by atoms with Gasteiger partial charge in [-0.05, 0) is 51.6 Å². The second kappa shape index (κ2) is 6.63. The van der Waals surface area contributed by atoms with Crippen molar-refractivity contribution in [1.29, 1.82) is 0 Å². The van der Waals surface area contributed by atoms with Crippen LogP contribution in [0.3, 0.4) is 0 Å². The largest absolute Gasteiger partial charge is 0.389 e. The zero-order valence-corrected chi connectivity index (χ0v) is 13.0. The quantitative estimate of drug-likeness (QED) is 0.839. The maximum Gasteiger partial charge on any atom is 0.225 e. The summed E-state index contributed by atoms with van der Waals surface area (Å²) in [6, 6.07) is 0.244. The molecule has 120 valence electrons. The Kier molecular flexibility index (Phi) is 4.82. The van der Waals surface area contributed by atoms with Crippen LogP contribution < -0.4 is 0 Å². The molecule has 0 spiro atoms. The van der Waals surface area contributed by atoms with Crippen molar-refractivity contribution in [3.05, 3.63) is 0 Å². The van der Waals surface area contributed by atoms with Gasteiger partial charge >= 0.3 is 0 Å². The van der Waals surface area contributed by atoms with Gasteiger partial charge in [0.05, 0.1) is 12.1 Å². The van der Waals surface area contributed by atoms with Crippen LogP contribution in [0.15, 0.2) is 0 Å². The second-order valence-electron chi connectivity index (χ2n) is 6.78. The number of amides is 1.